The minimum atomic E-state index is -4.48. The van der Waals surface area contributed by atoms with Crippen molar-refractivity contribution in [2.45, 2.75) is 32.7 Å². The van der Waals surface area contributed by atoms with Gasteiger partial charge in [0, 0.05) is 61.1 Å². The number of hydrogen-bond acceptors (Lipinski definition) is 5. The molecule has 2 aromatic carbocycles. The van der Waals surface area contributed by atoms with Crippen LogP contribution in [0.3, 0.4) is 0 Å². The lowest BCUT2D eigenvalue weighted by molar-refractivity contribution is -0.137. The van der Waals surface area contributed by atoms with E-state index in [1.807, 2.05) is 50.2 Å². The van der Waals surface area contributed by atoms with Gasteiger partial charge in [0.05, 0.1) is 22.9 Å². The summed E-state index contributed by atoms with van der Waals surface area (Å²) in [7, 11) is 2.06. The zero-order valence-electron chi connectivity index (χ0n) is 23.8. The maximum absolute atomic E-state index is 13.1. The topological polar surface area (TPSA) is 70.8 Å². The zero-order chi connectivity index (χ0) is 28.6. The molecular formula is C30H34Cl3F3N4O3. The van der Waals surface area contributed by atoms with Crippen LogP contribution in [0.2, 0.25) is 0 Å². The molecule has 0 unspecified atom stereocenters. The molecular weight excluding hydrogens is 628 g/mol. The number of pyridine rings is 1. The molecule has 5 rings (SSSR count). The number of nitrogens with zero attached hydrogens (tertiary/aromatic N) is 4. The first-order chi connectivity index (χ1) is 19.0. The molecule has 13 heteroatoms. The third-order valence-corrected chi connectivity index (χ3v) is 7.11. The molecule has 3 heterocycles. The summed E-state index contributed by atoms with van der Waals surface area (Å²) in [5.74, 6) is -0.377. The lowest BCUT2D eigenvalue weighted by Gasteiger charge is -2.32. The number of carboxylic acid groups (broad SMARTS) is 1. The average molecular weight is 662 g/mol. The van der Waals surface area contributed by atoms with E-state index < -0.39 is 17.7 Å². The molecule has 1 aliphatic rings. The van der Waals surface area contributed by atoms with Gasteiger partial charge >= 0.3 is 12.1 Å². The standard InChI is InChI=1S/C30H31F3N4O3.3ClH/c1-19(2)40-23-8-6-22(7-9-23)37-27-11-4-20(26-10-5-21(17-34-26)30(31,32)33)16-24(27)25(28(37)29(38)39)18-36-14-12-35(3)13-15-36;;;/h4-11,16-17,19H,12-15,18H2,1-3H3,(H,38,39);3*1H. The van der Waals surface area contributed by atoms with Gasteiger partial charge in [0.25, 0.3) is 0 Å². The van der Waals surface area contributed by atoms with E-state index in [4.69, 9.17) is 4.74 Å². The number of rotatable bonds is 7. The molecule has 4 aromatic rings. The molecule has 0 aliphatic carbocycles. The maximum Gasteiger partial charge on any atom is 0.417 e. The Morgan fingerprint density at radius 1 is 0.977 bits per heavy atom. The summed E-state index contributed by atoms with van der Waals surface area (Å²) in [6.45, 7) is 7.64. The second-order valence-electron chi connectivity index (χ2n) is 10.4. The lowest BCUT2D eigenvalue weighted by Crippen LogP contribution is -2.44. The third kappa shape index (κ3) is 7.93. The average Bonchev–Trinajstić information content (AvgIpc) is 3.23. The Labute approximate surface area is 266 Å². The number of benzene rings is 2. The van der Waals surface area contributed by atoms with Crippen molar-refractivity contribution in [3.05, 3.63) is 77.6 Å². The molecule has 1 aliphatic heterocycles. The Balaban J connectivity index is 0.00000215. The van der Waals surface area contributed by atoms with Gasteiger partial charge in [-0.1, -0.05) is 6.07 Å². The Morgan fingerprint density at radius 2 is 1.63 bits per heavy atom. The highest BCUT2D eigenvalue weighted by Gasteiger charge is 2.31. The van der Waals surface area contributed by atoms with Crippen LogP contribution >= 0.6 is 37.2 Å². The molecule has 43 heavy (non-hydrogen) atoms. The number of aromatic nitrogens is 2. The van der Waals surface area contributed by atoms with E-state index in [1.165, 1.54) is 6.07 Å². The monoisotopic (exact) mass is 660 g/mol. The van der Waals surface area contributed by atoms with Crippen LogP contribution in [0.15, 0.2) is 60.8 Å². The fourth-order valence-electron chi connectivity index (χ4n) is 5.08. The summed E-state index contributed by atoms with van der Waals surface area (Å²) in [6, 6.07) is 15.0. The molecule has 0 spiro atoms. The molecule has 1 saturated heterocycles. The largest absolute Gasteiger partial charge is 0.491 e. The highest BCUT2D eigenvalue weighted by atomic mass is 35.5. The number of likely N-dealkylation sites (N-methyl/N-ethyl adjacent to an activating group) is 1. The Kier molecular flexibility index (Phi) is 12.3. The van der Waals surface area contributed by atoms with Crippen LogP contribution in [0.5, 0.6) is 5.75 Å². The van der Waals surface area contributed by atoms with Crippen LogP contribution in [-0.2, 0) is 12.7 Å². The van der Waals surface area contributed by atoms with E-state index in [0.29, 0.717) is 40.3 Å². The Hall–Kier alpha value is -3.02. The van der Waals surface area contributed by atoms with Crippen LogP contribution in [-0.4, -0.2) is 69.8 Å². The first kappa shape index (κ1) is 36.2. The van der Waals surface area contributed by atoms with Gasteiger partial charge in [-0.25, -0.2) is 4.79 Å². The molecule has 1 fully saturated rings. The van der Waals surface area contributed by atoms with E-state index in [2.05, 4.69) is 21.8 Å². The summed E-state index contributed by atoms with van der Waals surface area (Å²) in [5, 5.41) is 11.2. The van der Waals surface area contributed by atoms with Crippen molar-refractivity contribution < 1.29 is 27.8 Å². The SMILES string of the molecule is CC(C)Oc1ccc(-n2c(C(=O)O)c(CN3CCN(C)CC3)c3cc(-c4ccc(C(F)(F)F)cn4)ccc32)cc1.Cl.Cl.Cl. The zero-order valence-corrected chi connectivity index (χ0v) is 26.2. The fraction of sp³-hybridized carbons (Fsp3) is 0.333. The van der Waals surface area contributed by atoms with Crippen molar-refractivity contribution in [2.24, 2.45) is 0 Å². The first-order valence-electron chi connectivity index (χ1n) is 13.1. The smallest absolute Gasteiger partial charge is 0.417 e. The second kappa shape index (κ2) is 14.6. The number of halogens is 6. The van der Waals surface area contributed by atoms with Crippen molar-refractivity contribution >= 4 is 54.1 Å². The fourth-order valence-corrected chi connectivity index (χ4v) is 5.08. The van der Waals surface area contributed by atoms with E-state index in [-0.39, 0.29) is 49.0 Å². The summed E-state index contributed by atoms with van der Waals surface area (Å²) >= 11 is 0. The molecule has 234 valence electrons. The van der Waals surface area contributed by atoms with Gasteiger partial charge in [-0.3, -0.25) is 9.88 Å². The van der Waals surface area contributed by atoms with Crippen LogP contribution in [0.1, 0.15) is 35.5 Å². The predicted molar refractivity (Wildman–Crippen MR) is 169 cm³/mol. The highest BCUT2D eigenvalue weighted by molar-refractivity contribution is 6.01. The van der Waals surface area contributed by atoms with Gasteiger partial charge in [0.15, 0.2) is 0 Å². The second-order valence-corrected chi connectivity index (χ2v) is 10.4. The highest BCUT2D eigenvalue weighted by Crippen LogP contribution is 2.35. The van der Waals surface area contributed by atoms with Gasteiger partial charge in [0.1, 0.15) is 11.4 Å². The van der Waals surface area contributed by atoms with Gasteiger partial charge in [-0.15, -0.1) is 37.2 Å². The molecule has 0 saturated carbocycles. The quantitative estimate of drug-likeness (QED) is 0.226. The molecule has 0 atom stereocenters. The molecule has 2 aromatic heterocycles. The number of piperazine rings is 1. The summed E-state index contributed by atoms with van der Waals surface area (Å²) in [6.07, 6.45) is -3.66. The minimum absolute atomic E-state index is 0. The summed E-state index contributed by atoms with van der Waals surface area (Å²) in [5.41, 5.74) is 2.33. The lowest BCUT2D eigenvalue weighted by atomic mass is 10.0. The predicted octanol–water partition coefficient (Wildman–Crippen LogP) is 7.21. The molecule has 0 radical (unpaired) electrons. The summed E-state index contributed by atoms with van der Waals surface area (Å²) < 4.78 is 46.8. The number of carbonyl (C=O) groups is 1. The van der Waals surface area contributed by atoms with Crippen LogP contribution in [0.25, 0.3) is 27.8 Å². The minimum Gasteiger partial charge on any atom is -0.491 e. The van der Waals surface area contributed by atoms with Gasteiger partial charge in [-0.05, 0) is 69.4 Å². The number of aromatic carboxylic acids is 1. The normalized spacial score (nSPS) is 14.1. The maximum atomic E-state index is 13.1. The van der Waals surface area contributed by atoms with Gasteiger partial charge in [-0.2, -0.15) is 13.2 Å². The van der Waals surface area contributed by atoms with Crippen LogP contribution in [0.4, 0.5) is 13.2 Å². The number of hydrogen-bond donors (Lipinski definition) is 1. The van der Waals surface area contributed by atoms with Gasteiger partial charge < -0.3 is 19.3 Å². The third-order valence-electron chi connectivity index (χ3n) is 7.11. The van der Waals surface area contributed by atoms with Gasteiger partial charge in [0.2, 0.25) is 0 Å². The van der Waals surface area contributed by atoms with Crippen molar-refractivity contribution in [2.75, 3.05) is 33.2 Å². The van der Waals surface area contributed by atoms with Crippen LogP contribution in [0, 0.1) is 0 Å². The number of carboxylic acids is 1. The van der Waals surface area contributed by atoms with E-state index >= 15 is 0 Å². The summed E-state index contributed by atoms with van der Waals surface area (Å²) in [4.78, 5) is 21.3. The van der Waals surface area contributed by atoms with Crippen molar-refractivity contribution in [3.63, 3.8) is 0 Å². The van der Waals surface area contributed by atoms with Crippen molar-refractivity contribution in [1.82, 2.24) is 19.4 Å². The Morgan fingerprint density at radius 3 is 2.16 bits per heavy atom. The van der Waals surface area contributed by atoms with Crippen LogP contribution < -0.4 is 4.74 Å². The molecule has 0 bridgehead atoms. The van der Waals surface area contributed by atoms with Crippen molar-refractivity contribution in [3.8, 4) is 22.7 Å². The molecule has 0 amide bonds. The number of alkyl halides is 3. The number of ether oxygens (including phenoxy) is 1. The Bertz CT molecular complexity index is 1520. The van der Waals surface area contributed by atoms with E-state index in [0.717, 1.165) is 43.8 Å². The van der Waals surface area contributed by atoms with E-state index in [1.54, 1.807) is 10.6 Å². The first-order valence-corrected chi connectivity index (χ1v) is 13.1. The number of fused-ring (bicyclic) bond motifs is 1. The molecule has 7 nitrogen and oxygen atoms in total. The van der Waals surface area contributed by atoms with E-state index in [9.17, 15) is 23.1 Å². The molecule has 1 N–H and O–H groups in total. The van der Waals surface area contributed by atoms with Crippen molar-refractivity contribution in [1.29, 1.82) is 0 Å².